The van der Waals surface area contributed by atoms with Crippen molar-refractivity contribution in [3.8, 4) is 0 Å². The topological polar surface area (TPSA) is 15.3 Å². The van der Waals surface area contributed by atoms with Crippen molar-refractivity contribution in [3.05, 3.63) is 35.9 Å². The molecule has 1 heterocycles. The first-order valence-corrected chi connectivity index (χ1v) is 7.23. The predicted octanol–water partition coefficient (Wildman–Crippen LogP) is 2.65. The van der Waals surface area contributed by atoms with Crippen molar-refractivity contribution < 1.29 is 0 Å². The quantitative estimate of drug-likeness (QED) is 0.830. The Labute approximate surface area is 111 Å². The average molecular weight is 246 g/mol. The van der Waals surface area contributed by atoms with Crippen LogP contribution in [0.5, 0.6) is 0 Å². The SMILES string of the molecule is CCNCC(C)(CN1CCCC1)c1ccccc1. The summed E-state index contributed by atoms with van der Waals surface area (Å²) in [5.41, 5.74) is 1.68. The summed E-state index contributed by atoms with van der Waals surface area (Å²) >= 11 is 0. The highest BCUT2D eigenvalue weighted by molar-refractivity contribution is 5.25. The van der Waals surface area contributed by atoms with Gasteiger partial charge in [0.2, 0.25) is 0 Å². The van der Waals surface area contributed by atoms with Gasteiger partial charge in [-0.15, -0.1) is 0 Å². The fourth-order valence-electron chi connectivity index (χ4n) is 2.92. The fraction of sp³-hybridized carbons (Fsp3) is 0.625. The van der Waals surface area contributed by atoms with Crippen molar-refractivity contribution in [1.82, 2.24) is 10.2 Å². The lowest BCUT2D eigenvalue weighted by Gasteiger charge is -2.34. The third-order valence-electron chi connectivity index (χ3n) is 4.01. The Balaban J connectivity index is 2.11. The maximum absolute atomic E-state index is 3.53. The number of nitrogens with one attached hydrogen (secondary N) is 1. The molecule has 100 valence electrons. The summed E-state index contributed by atoms with van der Waals surface area (Å²) in [7, 11) is 0. The summed E-state index contributed by atoms with van der Waals surface area (Å²) in [5.74, 6) is 0. The number of rotatable bonds is 6. The molecule has 0 bridgehead atoms. The van der Waals surface area contributed by atoms with Gasteiger partial charge in [-0.3, -0.25) is 0 Å². The molecule has 0 aromatic heterocycles. The lowest BCUT2D eigenvalue weighted by atomic mass is 9.81. The second kappa shape index (κ2) is 6.35. The maximum Gasteiger partial charge on any atom is 0.0177 e. The van der Waals surface area contributed by atoms with Crippen molar-refractivity contribution in [1.29, 1.82) is 0 Å². The van der Waals surface area contributed by atoms with Gasteiger partial charge >= 0.3 is 0 Å². The van der Waals surface area contributed by atoms with Crippen LogP contribution in [0.1, 0.15) is 32.3 Å². The first-order chi connectivity index (χ1) is 8.74. The lowest BCUT2D eigenvalue weighted by molar-refractivity contribution is 0.251. The molecule has 0 amide bonds. The zero-order chi connectivity index (χ0) is 12.8. The van der Waals surface area contributed by atoms with Crippen molar-refractivity contribution in [2.45, 2.75) is 32.1 Å². The van der Waals surface area contributed by atoms with Crippen LogP contribution in [0.15, 0.2) is 30.3 Å². The fourth-order valence-corrected chi connectivity index (χ4v) is 2.92. The van der Waals surface area contributed by atoms with Crippen LogP contribution in [-0.2, 0) is 5.41 Å². The van der Waals surface area contributed by atoms with E-state index in [1.807, 2.05) is 0 Å². The first-order valence-electron chi connectivity index (χ1n) is 7.23. The highest BCUT2D eigenvalue weighted by Gasteiger charge is 2.29. The predicted molar refractivity (Wildman–Crippen MR) is 78.0 cm³/mol. The maximum atomic E-state index is 3.53. The Morgan fingerprint density at radius 2 is 1.83 bits per heavy atom. The van der Waals surface area contributed by atoms with Crippen LogP contribution < -0.4 is 5.32 Å². The summed E-state index contributed by atoms with van der Waals surface area (Å²) in [6.07, 6.45) is 2.73. The monoisotopic (exact) mass is 246 g/mol. The molecular weight excluding hydrogens is 220 g/mol. The van der Waals surface area contributed by atoms with Gasteiger partial charge < -0.3 is 10.2 Å². The largest absolute Gasteiger partial charge is 0.316 e. The molecule has 0 radical (unpaired) electrons. The van der Waals surface area contributed by atoms with Crippen LogP contribution in [0.25, 0.3) is 0 Å². The van der Waals surface area contributed by atoms with E-state index >= 15 is 0 Å². The van der Waals surface area contributed by atoms with Crippen LogP contribution in [-0.4, -0.2) is 37.6 Å². The van der Waals surface area contributed by atoms with Crippen LogP contribution in [0.3, 0.4) is 0 Å². The minimum atomic E-state index is 0.224. The van der Waals surface area contributed by atoms with Crippen molar-refractivity contribution in [2.24, 2.45) is 0 Å². The second-order valence-electron chi connectivity index (χ2n) is 5.69. The van der Waals surface area contributed by atoms with E-state index in [0.717, 1.165) is 13.1 Å². The molecule has 1 atom stereocenters. The van der Waals surface area contributed by atoms with E-state index in [2.05, 4.69) is 54.4 Å². The van der Waals surface area contributed by atoms with Crippen molar-refractivity contribution >= 4 is 0 Å². The molecule has 2 rings (SSSR count). The van der Waals surface area contributed by atoms with Crippen LogP contribution in [0.2, 0.25) is 0 Å². The Bertz CT molecular complexity index is 343. The molecule has 0 spiro atoms. The van der Waals surface area contributed by atoms with E-state index in [9.17, 15) is 0 Å². The van der Waals surface area contributed by atoms with Crippen LogP contribution >= 0.6 is 0 Å². The van der Waals surface area contributed by atoms with E-state index < -0.39 is 0 Å². The molecule has 1 fully saturated rings. The zero-order valence-electron chi connectivity index (χ0n) is 11.8. The molecule has 1 N–H and O–H groups in total. The van der Waals surface area contributed by atoms with Crippen molar-refractivity contribution in [2.75, 3.05) is 32.7 Å². The lowest BCUT2D eigenvalue weighted by Crippen LogP contribution is -2.44. The number of likely N-dealkylation sites (N-methyl/N-ethyl adjacent to an activating group) is 1. The van der Waals surface area contributed by atoms with Crippen LogP contribution in [0.4, 0.5) is 0 Å². The average Bonchev–Trinajstić information content (AvgIpc) is 2.90. The molecule has 1 saturated heterocycles. The Morgan fingerprint density at radius 1 is 1.17 bits per heavy atom. The molecular formula is C16H26N2. The molecule has 1 aliphatic rings. The Morgan fingerprint density at radius 3 is 2.44 bits per heavy atom. The molecule has 2 nitrogen and oxygen atoms in total. The summed E-state index contributed by atoms with van der Waals surface area (Å²) in [5, 5.41) is 3.53. The molecule has 1 aromatic carbocycles. The van der Waals surface area contributed by atoms with Crippen LogP contribution in [0, 0.1) is 0 Å². The Kier molecular flexibility index (Phi) is 4.79. The number of hydrogen-bond donors (Lipinski definition) is 1. The molecule has 2 heteroatoms. The zero-order valence-corrected chi connectivity index (χ0v) is 11.8. The van der Waals surface area contributed by atoms with Gasteiger partial charge in [0.25, 0.3) is 0 Å². The van der Waals surface area contributed by atoms with Gasteiger partial charge in [-0.25, -0.2) is 0 Å². The van der Waals surface area contributed by atoms with Gasteiger partial charge in [0.1, 0.15) is 0 Å². The highest BCUT2D eigenvalue weighted by Crippen LogP contribution is 2.26. The van der Waals surface area contributed by atoms with Gasteiger partial charge in [0.15, 0.2) is 0 Å². The number of hydrogen-bond acceptors (Lipinski definition) is 2. The van der Waals surface area contributed by atoms with E-state index in [-0.39, 0.29) is 5.41 Å². The molecule has 0 saturated carbocycles. The molecule has 1 unspecified atom stereocenters. The number of benzene rings is 1. The van der Waals surface area contributed by atoms with E-state index in [1.54, 1.807) is 0 Å². The minimum Gasteiger partial charge on any atom is -0.316 e. The standard InChI is InChI=1S/C16H26N2/c1-3-17-13-16(2,14-18-11-7-8-12-18)15-9-5-4-6-10-15/h4-6,9-10,17H,3,7-8,11-14H2,1-2H3. The summed E-state index contributed by atoms with van der Waals surface area (Å²) in [4.78, 5) is 2.62. The highest BCUT2D eigenvalue weighted by atomic mass is 15.1. The molecule has 18 heavy (non-hydrogen) atoms. The summed E-state index contributed by atoms with van der Waals surface area (Å²) in [6, 6.07) is 11.0. The Hall–Kier alpha value is -0.860. The third-order valence-corrected chi connectivity index (χ3v) is 4.01. The van der Waals surface area contributed by atoms with Gasteiger partial charge in [0.05, 0.1) is 0 Å². The van der Waals surface area contributed by atoms with E-state index in [1.165, 1.54) is 38.0 Å². The molecule has 1 aromatic rings. The van der Waals surface area contributed by atoms with Gasteiger partial charge in [-0.2, -0.15) is 0 Å². The number of likely N-dealkylation sites (tertiary alicyclic amines) is 1. The first kappa shape index (κ1) is 13.6. The summed E-state index contributed by atoms with van der Waals surface area (Å²) in [6.45, 7) is 10.4. The third kappa shape index (κ3) is 3.33. The van der Waals surface area contributed by atoms with Gasteiger partial charge in [-0.05, 0) is 38.0 Å². The molecule has 0 aliphatic carbocycles. The van der Waals surface area contributed by atoms with E-state index in [0.29, 0.717) is 0 Å². The molecule has 1 aliphatic heterocycles. The van der Waals surface area contributed by atoms with E-state index in [4.69, 9.17) is 0 Å². The van der Waals surface area contributed by atoms with Gasteiger partial charge in [-0.1, -0.05) is 44.2 Å². The van der Waals surface area contributed by atoms with Crippen molar-refractivity contribution in [3.63, 3.8) is 0 Å². The smallest absolute Gasteiger partial charge is 0.0177 e. The van der Waals surface area contributed by atoms with Gasteiger partial charge in [0, 0.05) is 18.5 Å². The minimum absolute atomic E-state index is 0.224. The second-order valence-corrected chi connectivity index (χ2v) is 5.69. The normalized spacial score (nSPS) is 19.9. The summed E-state index contributed by atoms with van der Waals surface area (Å²) < 4.78 is 0. The number of nitrogens with zero attached hydrogens (tertiary/aromatic N) is 1.